The number of hydrogen-bond donors (Lipinski definition) is 1. The van der Waals surface area contributed by atoms with E-state index in [1.807, 2.05) is 6.92 Å². The van der Waals surface area contributed by atoms with E-state index < -0.39 is 0 Å². The van der Waals surface area contributed by atoms with Gasteiger partial charge in [0.25, 0.3) is 0 Å². The molecule has 0 saturated heterocycles. The summed E-state index contributed by atoms with van der Waals surface area (Å²) in [6.07, 6.45) is 6.46. The molecule has 2 heterocycles. The number of nitrogens with zero attached hydrogens (tertiary/aromatic N) is 3. The molecule has 0 aliphatic heterocycles. The van der Waals surface area contributed by atoms with E-state index in [0.717, 1.165) is 30.8 Å². The molecule has 0 aliphatic rings. The van der Waals surface area contributed by atoms with Crippen LogP contribution in [0, 0.1) is 0 Å². The first-order valence-electron chi connectivity index (χ1n) is 6.60. The summed E-state index contributed by atoms with van der Waals surface area (Å²) in [5, 5.41) is 3.81. The van der Waals surface area contributed by atoms with E-state index >= 15 is 0 Å². The van der Waals surface area contributed by atoms with Gasteiger partial charge in [0.15, 0.2) is 0 Å². The monoisotopic (exact) mass is 292 g/mol. The fraction of sp³-hybridized carbons (Fsp3) is 0.357. The molecule has 0 bridgehead atoms. The number of hydrogen-bond acceptors (Lipinski definition) is 5. The van der Waals surface area contributed by atoms with E-state index in [1.54, 1.807) is 18.5 Å². The van der Waals surface area contributed by atoms with Crippen LogP contribution in [-0.4, -0.2) is 21.5 Å². The Morgan fingerprint density at radius 2 is 2.10 bits per heavy atom. The third-order valence-corrected chi connectivity index (χ3v) is 2.90. The van der Waals surface area contributed by atoms with Crippen LogP contribution in [0.25, 0.3) is 0 Å². The lowest BCUT2D eigenvalue weighted by atomic mass is 10.2. The molecule has 0 spiro atoms. The van der Waals surface area contributed by atoms with Crippen molar-refractivity contribution >= 4 is 17.4 Å². The molecule has 0 aliphatic carbocycles. The first-order chi connectivity index (χ1) is 9.74. The van der Waals surface area contributed by atoms with Crippen molar-refractivity contribution in [2.45, 2.75) is 26.7 Å². The molecular formula is C14H17ClN4O. The van der Waals surface area contributed by atoms with E-state index in [0.29, 0.717) is 16.7 Å². The van der Waals surface area contributed by atoms with Crippen molar-refractivity contribution in [3.8, 4) is 11.6 Å². The van der Waals surface area contributed by atoms with Crippen molar-refractivity contribution in [1.82, 2.24) is 15.0 Å². The van der Waals surface area contributed by atoms with Crippen LogP contribution < -0.4 is 10.1 Å². The summed E-state index contributed by atoms with van der Waals surface area (Å²) in [5.41, 5.74) is 0.945. The minimum atomic E-state index is 0.527. The zero-order valence-electron chi connectivity index (χ0n) is 11.6. The number of halogens is 1. The lowest BCUT2D eigenvalue weighted by Gasteiger charge is -2.13. The van der Waals surface area contributed by atoms with Crippen molar-refractivity contribution in [3.05, 3.63) is 35.4 Å². The molecule has 0 unspecified atom stereocenters. The Labute approximate surface area is 123 Å². The molecule has 2 aromatic heterocycles. The highest BCUT2D eigenvalue weighted by Crippen LogP contribution is 2.28. The Kier molecular flexibility index (Phi) is 5.12. The first kappa shape index (κ1) is 14.5. The van der Waals surface area contributed by atoms with Crippen LogP contribution in [-0.2, 0) is 6.42 Å². The normalized spacial score (nSPS) is 10.3. The average molecular weight is 293 g/mol. The van der Waals surface area contributed by atoms with Crippen LogP contribution >= 0.6 is 11.6 Å². The van der Waals surface area contributed by atoms with Crippen molar-refractivity contribution in [2.24, 2.45) is 0 Å². The molecule has 20 heavy (non-hydrogen) atoms. The minimum absolute atomic E-state index is 0.527. The minimum Gasteiger partial charge on any atom is -0.437 e. The molecular weight excluding hydrogens is 276 g/mol. The van der Waals surface area contributed by atoms with Gasteiger partial charge in [-0.15, -0.1) is 0 Å². The Hall–Kier alpha value is -1.88. The largest absolute Gasteiger partial charge is 0.437 e. The Morgan fingerprint density at radius 1 is 1.25 bits per heavy atom. The SMILES string of the molecule is CCCNc1ncnc(Oc2cncc(Cl)c2)c1CC. The highest BCUT2D eigenvalue weighted by molar-refractivity contribution is 6.30. The van der Waals surface area contributed by atoms with Gasteiger partial charge >= 0.3 is 0 Å². The second-order valence-corrected chi connectivity index (χ2v) is 4.66. The van der Waals surface area contributed by atoms with Gasteiger partial charge in [0.2, 0.25) is 5.88 Å². The number of anilines is 1. The molecule has 0 fully saturated rings. The van der Waals surface area contributed by atoms with Gasteiger partial charge in [0, 0.05) is 18.8 Å². The zero-order chi connectivity index (χ0) is 14.4. The highest BCUT2D eigenvalue weighted by atomic mass is 35.5. The third-order valence-electron chi connectivity index (χ3n) is 2.70. The molecule has 2 rings (SSSR count). The molecule has 0 amide bonds. The van der Waals surface area contributed by atoms with Gasteiger partial charge in [-0.05, 0) is 12.8 Å². The Bertz CT molecular complexity index is 577. The van der Waals surface area contributed by atoms with Crippen molar-refractivity contribution < 1.29 is 4.74 Å². The van der Waals surface area contributed by atoms with Crippen LogP contribution in [0.3, 0.4) is 0 Å². The molecule has 5 nitrogen and oxygen atoms in total. The molecule has 0 aromatic carbocycles. The maximum Gasteiger partial charge on any atom is 0.227 e. The van der Waals surface area contributed by atoms with Gasteiger partial charge in [-0.2, -0.15) is 0 Å². The number of nitrogens with one attached hydrogen (secondary N) is 1. The highest BCUT2D eigenvalue weighted by Gasteiger charge is 2.11. The van der Waals surface area contributed by atoms with Crippen molar-refractivity contribution in [1.29, 1.82) is 0 Å². The van der Waals surface area contributed by atoms with E-state index in [9.17, 15) is 0 Å². The van der Waals surface area contributed by atoms with Gasteiger partial charge in [-0.1, -0.05) is 25.4 Å². The topological polar surface area (TPSA) is 59.9 Å². The van der Waals surface area contributed by atoms with Crippen LogP contribution in [0.5, 0.6) is 11.6 Å². The molecule has 0 atom stereocenters. The number of pyridine rings is 1. The number of ether oxygens (including phenoxy) is 1. The maximum absolute atomic E-state index is 5.90. The van der Waals surface area contributed by atoms with Crippen LogP contribution in [0.2, 0.25) is 5.02 Å². The number of rotatable bonds is 6. The van der Waals surface area contributed by atoms with Crippen LogP contribution in [0.1, 0.15) is 25.8 Å². The predicted octanol–water partition coefficient (Wildman–Crippen LogP) is 3.70. The number of aromatic nitrogens is 3. The summed E-state index contributed by atoms with van der Waals surface area (Å²) >= 11 is 5.90. The molecule has 0 radical (unpaired) electrons. The molecule has 106 valence electrons. The lowest BCUT2D eigenvalue weighted by Crippen LogP contribution is -2.07. The average Bonchev–Trinajstić information content (AvgIpc) is 2.45. The third kappa shape index (κ3) is 3.57. The lowest BCUT2D eigenvalue weighted by molar-refractivity contribution is 0.453. The Morgan fingerprint density at radius 3 is 2.80 bits per heavy atom. The second-order valence-electron chi connectivity index (χ2n) is 4.23. The molecule has 2 aromatic rings. The summed E-state index contributed by atoms with van der Waals surface area (Å²) in [5.74, 6) is 1.91. The summed E-state index contributed by atoms with van der Waals surface area (Å²) in [6, 6.07) is 1.70. The van der Waals surface area contributed by atoms with Gasteiger partial charge in [0.05, 0.1) is 16.8 Å². The van der Waals surface area contributed by atoms with E-state index in [2.05, 4.69) is 27.2 Å². The zero-order valence-corrected chi connectivity index (χ0v) is 12.3. The van der Waals surface area contributed by atoms with E-state index in [-0.39, 0.29) is 0 Å². The smallest absolute Gasteiger partial charge is 0.227 e. The van der Waals surface area contributed by atoms with Gasteiger partial charge in [-0.3, -0.25) is 4.98 Å². The quantitative estimate of drug-likeness (QED) is 0.879. The van der Waals surface area contributed by atoms with E-state index in [1.165, 1.54) is 6.33 Å². The first-order valence-corrected chi connectivity index (χ1v) is 6.98. The van der Waals surface area contributed by atoms with E-state index in [4.69, 9.17) is 16.3 Å². The Balaban J connectivity index is 2.26. The summed E-state index contributed by atoms with van der Waals surface area (Å²) in [4.78, 5) is 12.5. The molecule has 6 heteroatoms. The fourth-order valence-electron chi connectivity index (χ4n) is 1.76. The summed E-state index contributed by atoms with van der Waals surface area (Å²) in [7, 11) is 0. The molecule has 1 N–H and O–H groups in total. The van der Waals surface area contributed by atoms with Crippen LogP contribution in [0.4, 0.5) is 5.82 Å². The van der Waals surface area contributed by atoms with Gasteiger partial charge in [-0.25, -0.2) is 9.97 Å². The second kappa shape index (κ2) is 7.05. The maximum atomic E-state index is 5.90. The van der Waals surface area contributed by atoms with Crippen molar-refractivity contribution in [3.63, 3.8) is 0 Å². The van der Waals surface area contributed by atoms with Gasteiger partial charge < -0.3 is 10.1 Å². The van der Waals surface area contributed by atoms with Gasteiger partial charge in [0.1, 0.15) is 17.9 Å². The van der Waals surface area contributed by atoms with Crippen molar-refractivity contribution in [2.75, 3.05) is 11.9 Å². The predicted molar refractivity (Wildman–Crippen MR) is 79.5 cm³/mol. The molecule has 0 saturated carbocycles. The van der Waals surface area contributed by atoms with Crippen LogP contribution in [0.15, 0.2) is 24.8 Å². The standard InChI is InChI=1S/C14H17ClN4O/c1-3-5-17-13-12(4-2)14(19-9-18-13)20-11-6-10(15)7-16-8-11/h6-9H,3-5H2,1-2H3,(H,17,18,19). The summed E-state index contributed by atoms with van der Waals surface area (Å²) in [6.45, 7) is 5.01. The fourth-order valence-corrected chi connectivity index (χ4v) is 1.92. The summed E-state index contributed by atoms with van der Waals surface area (Å²) < 4.78 is 5.76.